The number of carbonyl (C=O) groups excluding carboxylic acids is 2. The van der Waals surface area contributed by atoms with Crippen molar-refractivity contribution in [2.45, 2.75) is 19.4 Å². The summed E-state index contributed by atoms with van der Waals surface area (Å²) in [6.45, 7) is 1.89. The van der Waals surface area contributed by atoms with Gasteiger partial charge in [0.05, 0.1) is 0 Å². The van der Waals surface area contributed by atoms with Crippen molar-refractivity contribution in [2.24, 2.45) is 0 Å². The number of esters is 2. The van der Waals surface area contributed by atoms with Crippen molar-refractivity contribution in [3.05, 3.63) is 11.6 Å². The van der Waals surface area contributed by atoms with Gasteiger partial charge in [-0.15, -0.1) is 0 Å². The second kappa shape index (κ2) is 4.26. The molecule has 1 rings (SSSR count). The SMILES string of the molecule is CCC([O][Y])C1=CC(=O)OC1=O. The zero-order valence-corrected chi connectivity index (χ0v) is 9.41. The summed E-state index contributed by atoms with van der Waals surface area (Å²) in [4.78, 5) is 21.6. The molecule has 62 valence electrons. The second-order valence-electron chi connectivity index (χ2n) is 2.34. The van der Waals surface area contributed by atoms with Gasteiger partial charge in [0, 0.05) is 0 Å². The molecule has 1 unspecified atom stereocenters. The Bertz CT molecular complexity index is 242. The van der Waals surface area contributed by atoms with Crippen LogP contribution >= 0.6 is 0 Å². The molecule has 12 heavy (non-hydrogen) atoms. The van der Waals surface area contributed by atoms with E-state index < -0.39 is 11.9 Å². The molecule has 0 aromatic carbocycles. The summed E-state index contributed by atoms with van der Waals surface area (Å²) in [7, 11) is 0. The topological polar surface area (TPSA) is 52.6 Å². The van der Waals surface area contributed by atoms with Crippen LogP contribution < -0.4 is 0 Å². The number of ether oxygens (including phenoxy) is 1. The molecule has 1 aliphatic heterocycles. The van der Waals surface area contributed by atoms with Crippen LogP contribution in [0, 0.1) is 0 Å². The minimum atomic E-state index is -0.592. The van der Waals surface area contributed by atoms with Crippen LogP contribution in [0.4, 0.5) is 0 Å². The zero-order valence-electron chi connectivity index (χ0n) is 6.57. The van der Waals surface area contributed by atoms with E-state index in [4.69, 9.17) is 2.05 Å². The molecular formula is C7H7O4Y. The van der Waals surface area contributed by atoms with Gasteiger partial charge in [-0.1, -0.05) is 0 Å². The van der Waals surface area contributed by atoms with Crippen LogP contribution in [0.25, 0.3) is 0 Å². The Morgan fingerprint density at radius 2 is 2.33 bits per heavy atom. The fourth-order valence-corrected chi connectivity index (χ4v) is 1.81. The molecule has 0 spiro atoms. The van der Waals surface area contributed by atoms with E-state index in [9.17, 15) is 9.59 Å². The third-order valence-electron chi connectivity index (χ3n) is 1.58. The fraction of sp³-hybridized carbons (Fsp3) is 0.429. The predicted molar refractivity (Wildman–Crippen MR) is 34.3 cm³/mol. The first-order valence-electron chi connectivity index (χ1n) is 3.52. The Kier molecular flexibility index (Phi) is 3.56. The van der Waals surface area contributed by atoms with Gasteiger partial charge in [0.1, 0.15) is 0 Å². The van der Waals surface area contributed by atoms with Crippen molar-refractivity contribution >= 4 is 11.9 Å². The van der Waals surface area contributed by atoms with E-state index >= 15 is 0 Å². The number of rotatable bonds is 3. The minimum absolute atomic E-state index is 0.272. The van der Waals surface area contributed by atoms with Gasteiger partial charge in [-0.25, -0.2) is 0 Å². The summed E-state index contributed by atoms with van der Waals surface area (Å²) >= 11 is 0.602. The van der Waals surface area contributed by atoms with Gasteiger partial charge in [-0.3, -0.25) is 0 Å². The molecule has 0 amide bonds. The molecule has 0 radical (unpaired) electrons. The summed E-state index contributed by atoms with van der Waals surface area (Å²) < 4.78 is 9.43. The fourth-order valence-electron chi connectivity index (χ4n) is 0.979. The van der Waals surface area contributed by atoms with Crippen molar-refractivity contribution in [3.8, 4) is 0 Å². The molecule has 0 fully saturated rings. The summed E-state index contributed by atoms with van der Waals surface area (Å²) in [6, 6.07) is 0. The zero-order chi connectivity index (χ0) is 9.14. The van der Waals surface area contributed by atoms with Crippen LogP contribution in [0.15, 0.2) is 11.6 Å². The van der Waals surface area contributed by atoms with Crippen LogP contribution in [-0.4, -0.2) is 18.0 Å². The van der Waals surface area contributed by atoms with Gasteiger partial charge >= 0.3 is 90.9 Å². The van der Waals surface area contributed by atoms with Gasteiger partial charge in [0.15, 0.2) is 0 Å². The number of cyclic esters (lactones) is 2. The van der Waals surface area contributed by atoms with E-state index in [1.807, 2.05) is 6.92 Å². The molecule has 0 saturated carbocycles. The van der Waals surface area contributed by atoms with Crippen molar-refractivity contribution < 1.29 is 47.8 Å². The standard InChI is InChI=1S/C7H7O4.Y/c1-2-5(8)4-3-6(9)11-7(4)10;/h3,5H,2H2,1H3;/q-1;+1. The molecule has 0 N–H and O–H groups in total. The van der Waals surface area contributed by atoms with Gasteiger partial charge in [0.2, 0.25) is 0 Å². The van der Waals surface area contributed by atoms with Crippen molar-refractivity contribution in [1.29, 1.82) is 0 Å². The van der Waals surface area contributed by atoms with Crippen molar-refractivity contribution in [1.82, 2.24) is 0 Å². The molecule has 1 atom stereocenters. The molecule has 0 saturated heterocycles. The second-order valence-corrected chi connectivity index (χ2v) is 3.01. The number of hydrogen-bond donors (Lipinski definition) is 0. The van der Waals surface area contributed by atoms with E-state index in [-0.39, 0.29) is 6.10 Å². The van der Waals surface area contributed by atoms with Gasteiger partial charge in [0.25, 0.3) is 0 Å². The maximum atomic E-state index is 11.0. The van der Waals surface area contributed by atoms with Crippen LogP contribution in [0.3, 0.4) is 0 Å². The van der Waals surface area contributed by atoms with Crippen molar-refractivity contribution in [2.75, 3.05) is 0 Å². The van der Waals surface area contributed by atoms with Gasteiger partial charge in [-0.05, 0) is 0 Å². The Balaban J connectivity index is 2.79. The third kappa shape index (κ3) is 2.00. The van der Waals surface area contributed by atoms with Gasteiger partial charge in [-0.2, -0.15) is 0 Å². The Labute approximate surface area is 90.5 Å². The number of carbonyl (C=O) groups is 2. The molecule has 0 bridgehead atoms. The van der Waals surface area contributed by atoms with E-state index in [1.165, 1.54) is 6.08 Å². The quantitative estimate of drug-likeness (QED) is 0.527. The third-order valence-corrected chi connectivity index (χ3v) is 2.39. The molecule has 4 nitrogen and oxygen atoms in total. The Hall–Kier alpha value is -0.0561. The molecule has 0 aromatic heterocycles. The molecule has 1 heterocycles. The average molecular weight is 244 g/mol. The van der Waals surface area contributed by atoms with Crippen molar-refractivity contribution in [3.63, 3.8) is 0 Å². The molecule has 1 aliphatic rings. The van der Waals surface area contributed by atoms with Crippen LogP contribution in [0.5, 0.6) is 0 Å². The summed E-state index contributed by atoms with van der Waals surface area (Å²) in [5, 5.41) is 0. The first-order chi connectivity index (χ1) is 5.69. The van der Waals surface area contributed by atoms with Gasteiger partial charge < -0.3 is 0 Å². The molecule has 0 aliphatic carbocycles. The summed E-state index contributed by atoms with van der Waals surface area (Å²) in [5.74, 6) is -1.16. The average Bonchev–Trinajstić information content (AvgIpc) is 2.34. The maximum absolute atomic E-state index is 11.0. The Morgan fingerprint density at radius 1 is 1.67 bits per heavy atom. The van der Waals surface area contributed by atoms with E-state index in [0.717, 1.165) is 0 Å². The van der Waals surface area contributed by atoms with Crippen LogP contribution in [0.1, 0.15) is 13.3 Å². The van der Waals surface area contributed by atoms with E-state index in [2.05, 4.69) is 4.74 Å². The van der Waals surface area contributed by atoms with E-state index in [1.54, 1.807) is 0 Å². The van der Waals surface area contributed by atoms with Crippen LogP contribution in [-0.2, 0) is 47.8 Å². The van der Waals surface area contributed by atoms with Crippen LogP contribution in [0.2, 0.25) is 0 Å². The monoisotopic (exact) mass is 244 g/mol. The normalized spacial score (nSPS) is 18.8. The summed E-state index contributed by atoms with van der Waals surface area (Å²) in [5.41, 5.74) is 0.343. The first-order valence-corrected chi connectivity index (χ1v) is 4.68. The predicted octanol–water partition coefficient (Wildman–Crippen LogP) is 0.253. The molecule has 5 heteroatoms. The first kappa shape index (κ1) is 10.0. The number of hydrogen-bond acceptors (Lipinski definition) is 4. The Morgan fingerprint density at radius 3 is 2.67 bits per heavy atom. The van der Waals surface area contributed by atoms with E-state index in [0.29, 0.717) is 43.5 Å². The molecule has 0 aromatic rings. The summed E-state index contributed by atoms with van der Waals surface area (Å²) in [6.07, 6.45) is 1.61. The molecular weight excluding hydrogens is 237 g/mol.